The Hall–Kier alpha value is -3.50. The van der Waals surface area contributed by atoms with E-state index in [1.54, 1.807) is 48.5 Å². The Morgan fingerprint density at radius 3 is 1.38 bits per heavy atom. The van der Waals surface area contributed by atoms with E-state index in [0.717, 1.165) is 9.80 Å². The van der Waals surface area contributed by atoms with Crippen LogP contribution in [0.5, 0.6) is 0 Å². The van der Waals surface area contributed by atoms with Gasteiger partial charge in [-0.15, -0.1) is 0 Å². The van der Waals surface area contributed by atoms with Gasteiger partial charge in [-0.05, 0) is 37.1 Å². The van der Waals surface area contributed by atoms with E-state index < -0.39 is 12.1 Å². The summed E-state index contributed by atoms with van der Waals surface area (Å²) < 4.78 is 0. The fourth-order valence-corrected chi connectivity index (χ4v) is 3.41. The maximum absolute atomic E-state index is 12.5. The Morgan fingerprint density at radius 1 is 0.706 bits per heavy atom. The Morgan fingerprint density at radius 2 is 1.06 bits per heavy atom. The van der Waals surface area contributed by atoms with Crippen LogP contribution in [0.3, 0.4) is 0 Å². The first-order valence-corrected chi connectivity index (χ1v) is 11.3. The number of para-hydroxylation sites is 2. The molecular formula is C22H28Cl2N8O2. The van der Waals surface area contributed by atoms with Crippen molar-refractivity contribution in [3.8, 4) is 0 Å². The summed E-state index contributed by atoms with van der Waals surface area (Å²) in [7, 11) is 0. The number of anilines is 2. The minimum atomic E-state index is -0.542. The molecular weight excluding hydrogens is 479 g/mol. The molecule has 0 unspecified atom stereocenters. The third-order valence-electron chi connectivity index (χ3n) is 4.82. The zero-order valence-corrected chi connectivity index (χ0v) is 20.0. The van der Waals surface area contributed by atoms with Crippen molar-refractivity contribution in [2.45, 2.75) is 25.7 Å². The Bertz CT molecular complexity index is 952. The lowest BCUT2D eigenvalue weighted by Gasteiger charge is -2.22. The van der Waals surface area contributed by atoms with E-state index in [9.17, 15) is 9.59 Å². The highest BCUT2D eigenvalue weighted by atomic mass is 35.5. The van der Waals surface area contributed by atoms with Gasteiger partial charge in [-0.3, -0.25) is 20.6 Å². The van der Waals surface area contributed by atoms with Crippen molar-refractivity contribution in [2.75, 3.05) is 23.7 Å². The van der Waals surface area contributed by atoms with Gasteiger partial charge < -0.3 is 22.1 Å². The van der Waals surface area contributed by atoms with Crippen LogP contribution in [0.4, 0.5) is 21.0 Å². The lowest BCUT2D eigenvalue weighted by Crippen LogP contribution is -2.44. The molecule has 0 aliphatic heterocycles. The molecule has 0 saturated carbocycles. The average Bonchev–Trinajstić information content (AvgIpc) is 2.78. The van der Waals surface area contributed by atoms with Gasteiger partial charge in [0, 0.05) is 13.1 Å². The van der Waals surface area contributed by atoms with Gasteiger partial charge in [-0.1, -0.05) is 60.3 Å². The molecule has 0 aromatic heterocycles. The molecule has 0 radical (unpaired) electrons. The van der Waals surface area contributed by atoms with Gasteiger partial charge in [0.15, 0.2) is 11.9 Å². The Labute approximate surface area is 208 Å². The Balaban J connectivity index is 1.78. The third kappa shape index (κ3) is 8.13. The van der Waals surface area contributed by atoms with E-state index in [-0.39, 0.29) is 25.0 Å². The topological polar surface area (TPSA) is 164 Å². The van der Waals surface area contributed by atoms with Gasteiger partial charge in [0.25, 0.3) is 0 Å². The minimum Gasteiger partial charge on any atom is -0.370 e. The molecule has 0 fully saturated rings. The lowest BCUT2D eigenvalue weighted by atomic mass is 10.2. The maximum atomic E-state index is 12.5. The predicted molar refractivity (Wildman–Crippen MR) is 137 cm³/mol. The third-order valence-corrected chi connectivity index (χ3v) is 5.48. The predicted octanol–water partition coefficient (Wildman–Crippen LogP) is 4.71. The van der Waals surface area contributed by atoms with Gasteiger partial charge in [-0.2, -0.15) is 0 Å². The number of carbonyl (C=O) groups is 2. The van der Waals surface area contributed by atoms with Crippen LogP contribution in [0.15, 0.2) is 48.5 Å². The van der Waals surface area contributed by atoms with E-state index in [1.807, 2.05) is 0 Å². The number of hydrogen-bond donors (Lipinski definition) is 6. The summed E-state index contributed by atoms with van der Waals surface area (Å²) in [5.74, 6) is -0.743. The summed E-state index contributed by atoms with van der Waals surface area (Å²) in [4.78, 5) is 27.2. The number of benzene rings is 2. The van der Waals surface area contributed by atoms with Crippen LogP contribution >= 0.6 is 23.2 Å². The molecule has 0 atom stereocenters. The van der Waals surface area contributed by atoms with Crippen LogP contribution < -0.4 is 22.1 Å². The number of nitrogens with one attached hydrogen (secondary N) is 4. The molecule has 2 aromatic carbocycles. The number of carbonyl (C=O) groups excluding carboxylic acids is 2. The van der Waals surface area contributed by atoms with Gasteiger partial charge >= 0.3 is 12.1 Å². The number of halogens is 2. The van der Waals surface area contributed by atoms with Crippen molar-refractivity contribution in [3.05, 3.63) is 58.6 Å². The highest BCUT2D eigenvalue weighted by molar-refractivity contribution is 6.34. The number of amides is 4. The van der Waals surface area contributed by atoms with Gasteiger partial charge in [0.05, 0.1) is 21.4 Å². The van der Waals surface area contributed by atoms with E-state index in [2.05, 4.69) is 10.6 Å². The van der Waals surface area contributed by atoms with E-state index in [0.29, 0.717) is 47.1 Å². The zero-order chi connectivity index (χ0) is 25.1. The fourth-order valence-electron chi connectivity index (χ4n) is 3.05. The second kappa shape index (κ2) is 13.3. The van der Waals surface area contributed by atoms with Crippen LogP contribution in [0, 0.1) is 10.8 Å². The first-order valence-electron chi connectivity index (χ1n) is 10.5. The smallest absolute Gasteiger partial charge is 0.328 e. The molecule has 2 aromatic rings. The molecule has 0 saturated heterocycles. The first kappa shape index (κ1) is 26.7. The lowest BCUT2D eigenvalue weighted by molar-refractivity contribution is 0.230. The van der Waals surface area contributed by atoms with Crippen molar-refractivity contribution < 1.29 is 9.59 Å². The monoisotopic (exact) mass is 506 g/mol. The summed E-state index contributed by atoms with van der Waals surface area (Å²) in [6.07, 6.45) is 2.59. The highest BCUT2D eigenvalue weighted by Gasteiger charge is 2.18. The second-order valence-electron chi connectivity index (χ2n) is 7.31. The van der Waals surface area contributed by atoms with Crippen molar-refractivity contribution in [1.29, 1.82) is 10.8 Å². The van der Waals surface area contributed by atoms with Gasteiger partial charge in [-0.25, -0.2) is 9.59 Å². The number of nitrogens with two attached hydrogens (primary N) is 2. The van der Waals surface area contributed by atoms with Crippen LogP contribution in [0.1, 0.15) is 25.7 Å². The molecule has 12 heteroatoms. The molecule has 0 heterocycles. The molecule has 182 valence electrons. The molecule has 0 spiro atoms. The maximum Gasteiger partial charge on any atom is 0.328 e. The highest BCUT2D eigenvalue weighted by Crippen LogP contribution is 2.22. The number of rotatable bonds is 9. The number of guanidine groups is 2. The van der Waals surface area contributed by atoms with Crippen molar-refractivity contribution in [1.82, 2.24) is 9.80 Å². The number of unbranched alkanes of at least 4 members (excludes halogenated alkanes) is 3. The summed E-state index contributed by atoms with van der Waals surface area (Å²) in [5.41, 5.74) is 12.0. The van der Waals surface area contributed by atoms with Crippen molar-refractivity contribution >= 4 is 58.6 Å². The van der Waals surface area contributed by atoms with Crippen LogP contribution in [0.2, 0.25) is 10.0 Å². The van der Waals surface area contributed by atoms with Gasteiger partial charge in [0.1, 0.15) is 0 Å². The normalized spacial score (nSPS) is 10.3. The molecule has 34 heavy (non-hydrogen) atoms. The van der Waals surface area contributed by atoms with Crippen molar-refractivity contribution in [2.24, 2.45) is 11.5 Å². The largest absolute Gasteiger partial charge is 0.370 e. The molecule has 10 nitrogen and oxygen atoms in total. The zero-order valence-electron chi connectivity index (χ0n) is 18.5. The summed E-state index contributed by atoms with van der Waals surface area (Å²) >= 11 is 12.1. The average molecular weight is 507 g/mol. The number of hydrogen-bond acceptors (Lipinski definition) is 4. The van der Waals surface area contributed by atoms with E-state index >= 15 is 0 Å². The second-order valence-corrected chi connectivity index (χ2v) is 8.12. The van der Waals surface area contributed by atoms with E-state index in [1.165, 1.54) is 0 Å². The summed E-state index contributed by atoms with van der Waals surface area (Å²) in [5, 5.41) is 21.4. The SMILES string of the molecule is N=C(N)N(CCCCCCN(C(=N)N)C(=O)Nc1ccccc1Cl)C(=O)Nc1ccccc1Cl. The molecule has 0 aliphatic carbocycles. The quantitative estimate of drug-likeness (QED) is 0.165. The minimum absolute atomic E-state index is 0.245. The number of nitrogens with zero attached hydrogens (tertiary/aromatic N) is 2. The Kier molecular flexibility index (Phi) is 10.4. The van der Waals surface area contributed by atoms with Crippen LogP contribution in [-0.4, -0.2) is 46.9 Å². The van der Waals surface area contributed by atoms with E-state index in [4.69, 9.17) is 45.5 Å². The van der Waals surface area contributed by atoms with Crippen LogP contribution in [0.25, 0.3) is 0 Å². The summed E-state index contributed by atoms with van der Waals surface area (Å²) in [6.45, 7) is 0.490. The summed E-state index contributed by atoms with van der Waals surface area (Å²) in [6, 6.07) is 12.5. The van der Waals surface area contributed by atoms with Gasteiger partial charge in [0.2, 0.25) is 0 Å². The van der Waals surface area contributed by atoms with Crippen LogP contribution in [-0.2, 0) is 0 Å². The van der Waals surface area contributed by atoms with Crippen molar-refractivity contribution in [3.63, 3.8) is 0 Å². The molecule has 4 amide bonds. The molecule has 0 bridgehead atoms. The molecule has 8 N–H and O–H groups in total. The number of urea groups is 2. The molecule has 0 aliphatic rings. The first-order chi connectivity index (χ1) is 16.2. The fraction of sp³-hybridized carbons (Fsp3) is 0.273. The standard InChI is InChI=1S/C22H28Cl2N8O2/c23-15-9-3-5-11-17(15)29-21(33)31(19(25)26)13-7-1-2-8-14-32(20(27)28)22(34)30-18-12-6-4-10-16(18)24/h3-6,9-12H,1-2,7-8,13-14H2,(H3,25,26)(H3,27,28)(H,29,33)(H,30,34). The molecule has 2 rings (SSSR count).